The van der Waals surface area contributed by atoms with E-state index in [1.54, 1.807) is 6.07 Å². The third-order valence-electron chi connectivity index (χ3n) is 3.86. The maximum Gasteiger partial charge on any atom is 0.255 e. The molecule has 22 heavy (non-hydrogen) atoms. The van der Waals surface area contributed by atoms with E-state index in [1.807, 2.05) is 50.2 Å². The van der Waals surface area contributed by atoms with Crippen molar-refractivity contribution in [3.05, 3.63) is 64.8 Å². The van der Waals surface area contributed by atoms with E-state index in [2.05, 4.69) is 16.2 Å². The second-order valence-corrected chi connectivity index (χ2v) is 5.31. The van der Waals surface area contributed by atoms with Gasteiger partial charge in [-0.1, -0.05) is 12.0 Å². The van der Waals surface area contributed by atoms with E-state index in [9.17, 15) is 4.79 Å². The van der Waals surface area contributed by atoms with Gasteiger partial charge in [0, 0.05) is 33.4 Å². The van der Waals surface area contributed by atoms with Gasteiger partial charge >= 0.3 is 0 Å². The minimum atomic E-state index is -0.144. The van der Waals surface area contributed by atoms with E-state index >= 15 is 0 Å². The third-order valence-corrected chi connectivity index (χ3v) is 3.86. The van der Waals surface area contributed by atoms with Crippen LogP contribution in [0, 0.1) is 26.2 Å². The molecule has 1 aromatic heterocycles. The summed E-state index contributed by atoms with van der Waals surface area (Å²) in [6.07, 6.45) is 5.38. The Morgan fingerprint density at radius 3 is 2.77 bits per heavy atom. The number of benzene rings is 2. The number of aromatic nitrogens is 1. The van der Waals surface area contributed by atoms with E-state index in [-0.39, 0.29) is 5.91 Å². The Labute approximate surface area is 129 Å². The molecule has 0 aliphatic rings. The lowest BCUT2D eigenvalue weighted by atomic mass is 10.1. The molecule has 2 aromatic carbocycles. The topological polar surface area (TPSA) is 44.9 Å². The van der Waals surface area contributed by atoms with Crippen LogP contribution in [0.5, 0.6) is 0 Å². The van der Waals surface area contributed by atoms with Crippen LogP contribution >= 0.6 is 0 Å². The monoisotopic (exact) mass is 288 g/mol. The summed E-state index contributed by atoms with van der Waals surface area (Å²) in [7, 11) is 0. The number of carbonyl (C=O) groups excluding carboxylic acids is 1. The molecule has 0 fully saturated rings. The molecule has 1 heterocycles. The summed E-state index contributed by atoms with van der Waals surface area (Å²) in [4.78, 5) is 15.7. The van der Waals surface area contributed by atoms with Gasteiger partial charge in [-0.3, -0.25) is 4.79 Å². The van der Waals surface area contributed by atoms with E-state index in [0.29, 0.717) is 11.3 Å². The lowest BCUT2D eigenvalue weighted by Crippen LogP contribution is -2.11. The lowest BCUT2D eigenvalue weighted by molar-refractivity contribution is 0.102. The number of carbonyl (C=O) groups is 1. The van der Waals surface area contributed by atoms with E-state index in [1.165, 1.54) is 5.56 Å². The third kappa shape index (κ3) is 2.47. The number of terminal acetylenes is 1. The largest absolute Gasteiger partial charge is 0.358 e. The van der Waals surface area contributed by atoms with Gasteiger partial charge in [-0.15, -0.1) is 6.42 Å². The highest BCUT2D eigenvalue weighted by Crippen LogP contribution is 2.23. The summed E-state index contributed by atoms with van der Waals surface area (Å²) in [5.41, 5.74) is 5.39. The van der Waals surface area contributed by atoms with Crippen LogP contribution in [0.1, 0.15) is 27.2 Å². The number of H-pyrrole nitrogens is 1. The molecule has 1 amide bonds. The van der Waals surface area contributed by atoms with Crippen molar-refractivity contribution in [1.82, 2.24) is 4.98 Å². The number of nitrogens with one attached hydrogen (secondary N) is 2. The van der Waals surface area contributed by atoms with Crippen LogP contribution in [0.2, 0.25) is 0 Å². The first-order valence-corrected chi connectivity index (χ1v) is 7.05. The predicted molar refractivity (Wildman–Crippen MR) is 90.1 cm³/mol. The van der Waals surface area contributed by atoms with E-state index in [0.717, 1.165) is 22.2 Å². The fraction of sp³-hybridized carbons (Fsp3) is 0.105. The molecule has 2 N–H and O–H groups in total. The molecule has 3 heteroatoms. The second-order valence-electron chi connectivity index (χ2n) is 5.31. The normalized spacial score (nSPS) is 10.4. The first kappa shape index (κ1) is 14.0. The van der Waals surface area contributed by atoms with Gasteiger partial charge < -0.3 is 10.3 Å². The Morgan fingerprint density at radius 2 is 2.00 bits per heavy atom. The van der Waals surface area contributed by atoms with Crippen LogP contribution in [0.3, 0.4) is 0 Å². The zero-order valence-corrected chi connectivity index (χ0v) is 12.5. The van der Waals surface area contributed by atoms with Crippen molar-refractivity contribution in [2.75, 3.05) is 5.32 Å². The van der Waals surface area contributed by atoms with Crippen LogP contribution in [-0.4, -0.2) is 10.9 Å². The molecule has 0 saturated heterocycles. The maximum absolute atomic E-state index is 12.4. The molecular weight excluding hydrogens is 272 g/mol. The molecule has 0 spiro atoms. The van der Waals surface area contributed by atoms with Crippen molar-refractivity contribution in [2.45, 2.75) is 13.8 Å². The van der Waals surface area contributed by atoms with Crippen molar-refractivity contribution < 1.29 is 4.79 Å². The fourth-order valence-corrected chi connectivity index (χ4v) is 2.49. The molecular formula is C19H16N2O. The minimum Gasteiger partial charge on any atom is -0.358 e. The van der Waals surface area contributed by atoms with Crippen molar-refractivity contribution in [3.8, 4) is 12.3 Å². The van der Waals surface area contributed by atoms with Gasteiger partial charge in [0.2, 0.25) is 0 Å². The van der Waals surface area contributed by atoms with E-state index in [4.69, 9.17) is 6.42 Å². The van der Waals surface area contributed by atoms with Crippen LogP contribution < -0.4 is 5.32 Å². The predicted octanol–water partition coefficient (Wildman–Crippen LogP) is 4.02. The van der Waals surface area contributed by atoms with Gasteiger partial charge in [0.15, 0.2) is 0 Å². The second kappa shape index (κ2) is 5.42. The Balaban J connectivity index is 1.91. The Hall–Kier alpha value is -2.99. The Bertz CT molecular complexity index is 913. The molecule has 0 saturated carbocycles. The summed E-state index contributed by atoms with van der Waals surface area (Å²) in [6, 6.07) is 12.9. The first-order valence-electron chi connectivity index (χ1n) is 7.05. The summed E-state index contributed by atoms with van der Waals surface area (Å²) in [5, 5.41) is 3.95. The van der Waals surface area contributed by atoms with Gasteiger partial charge in [-0.25, -0.2) is 0 Å². The summed E-state index contributed by atoms with van der Waals surface area (Å²) >= 11 is 0. The molecule has 3 nitrogen and oxygen atoms in total. The van der Waals surface area contributed by atoms with Crippen molar-refractivity contribution in [3.63, 3.8) is 0 Å². The molecule has 0 atom stereocenters. The lowest BCUT2D eigenvalue weighted by Gasteiger charge is -2.06. The average Bonchev–Trinajstić information content (AvgIpc) is 2.82. The van der Waals surface area contributed by atoms with Crippen LogP contribution in [0.4, 0.5) is 5.69 Å². The molecule has 0 aliphatic carbocycles. The number of hydrogen-bond acceptors (Lipinski definition) is 1. The van der Waals surface area contributed by atoms with Crippen LogP contribution in [-0.2, 0) is 0 Å². The summed E-state index contributed by atoms with van der Waals surface area (Å²) in [5.74, 6) is 2.42. The molecule has 0 radical (unpaired) electrons. The number of aromatic amines is 1. The van der Waals surface area contributed by atoms with Crippen molar-refractivity contribution >= 4 is 22.5 Å². The zero-order valence-electron chi connectivity index (χ0n) is 12.5. The molecule has 0 unspecified atom stereocenters. The smallest absolute Gasteiger partial charge is 0.255 e. The minimum absolute atomic E-state index is 0.144. The summed E-state index contributed by atoms with van der Waals surface area (Å²) < 4.78 is 0. The first-order chi connectivity index (χ1) is 10.6. The van der Waals surface area contributed by atoms with Crippen molar-refractivity contribution in [1.29, 1.82) is 0 Å². The average molecular weight is 288 g/mol. The number of aryl methyl sites for hydroxylation is 2. The van der Waals surface area contributed by atoms with Gasteiger partial charge in [0.25, 0.3) is 5.91 Å². The van der Waals surface area contributed by atoms with Gasteiger partial charge in [0.1, 0.15) is 0 Å². The Kier molecular flexibility index (Phi) is 3.44. The highest BCUT2D eigenvalue weighted by molar-refractivity contribution is 6.06. The zero-order chi connectivity index (χ0) is 15.7. The van der Waals surface area contributed by atoms with Gasteiger partial charge in [0.05, 0.1) is 0 Å². The quantitative estimate of drug-likeness (QED) is 0.687. The van der Waals surface area contributed by atoms with Gasteiger partial charge in [-0.05, 0) is 55.8 Å². The van der Waals surface area contributed by atoms with Gasteiger partial charge in [-0.2, -0.15) is 0 Å². The number of fused-ring (bicyclic) bond motifs is 1. The molecule has 3 rings (SSSR count). The van der Waals surface area contributed by atoms with Crippen LogP contribution in [0.25, 0.3) is 10.9 Å². The fourth-order valence-electron chi connectivity index (χ4n) is 2.49. The summed E-state index contributed by atoms with van der Waals surface area (Å²) in [6.45, 7) is 4.08. The van der Waals surface area contributed by atoms with Crippen LogP contribution in [0.15, 0.2) is 42.5 Å². The number of rotatable bonds is 2. The highest BCUT2D eigenvalue weighted by Gasteiger charge is 2.10. The number of hydrogen-bond donors (Lipinski definition) is 2. The molecule has 0 aliphatic heterocycles. The standard InChI is InChI=1S/C19H16N2O/c1-4-14-6-5-7-16(10-14)21-19(22)15-8-9-18-17(11-15)12(2)13(3)20-18/h1,5-11,20H,2-3H3,(H,21,22). The molecule has 108 valence electrons. The molecule has 0 bridgehead atoms. The maximum atomic E-state index is 12.4. The SMILES string of the molecule is C#Cc1cccc(NC(=O)c2ccc3[nH]c(C)c(C)c3c2)c1. The number of amides is 1. The number of anilines is 1. The van der Waals surface area contributed by atoms with Crippen molar-refractivity contribution in [2.24, 2.45) is 0 Å². The van der Waals surface area contributed by atoms with E-state index < -0.39 is 0 Å². The molecule has 3 aromatic rings. The highest BCUT2D eigenvalue weighted by atomic mass is 16.1. The Morgan fingerprint density at radius 1 is 1.18 bits per heavy atom.